The maximum absolute atomic E-state index is 12.7. The van der Waals surface area contributed by atoms with Crippen molar-refractivity contribution in [2.45, 2.75) is 19.3 Å². The van der Waals surface area contributed by atoms with Gasteiger partial charge in [0.15, 0.2) is 0 Å². The lowest BCUT2D eigenvalue weighted by Crippen LogP contribution is -2.48. The summed E-state index contributed by atoms with van der Waals surface area (Å²) in [6.07, 6.45) is 9.28. The van der Waals surface area contributed by atoms with Gasteiger partial charge in [0, 0.05) is 36.9 Å². The molecule has 1 spiro atoms. The number of benzene rings is 1. The number of nitrogens with zero attached hydrogens (tertiary/aromatic N) is 2. The zero-order valence-corrected chi connectivity index (χ0v) is 15.5. The Morgan fingerprint density at radius 3 is 2.78 bits per heavy atom. The van der Waals surface area contributed by atoms with Crippen LogP contribution in [0.1, 0.15) is 30.5 Å². The number of anilines is 1. The summed E-state index contributed by atoms with van der Waals surface area (Å²) in [6.45, 7) is 3.81. The molecule has 2 fully saturated rings. The minimum Gasteiger partial charge on any atom is -0.324 e. The Balaban J connectivity index is 1.35. The molecule has 2 aliphatic rings. The molecule has 2 saturated heterocycles. The monoisotopic (exact) mass is 362 g/mol. The number of piperidine rings is 1. The molecule has 2 aliphatic heterocycles. The second-order valence-corrected chi connectivity index (χ2v) is 7.59. The molecule has 0 saturated carbocycles. The van der Waals surface area contributed by atoms with Gasteiger partial charge in [-0.3, -0.25) is 4.98 Å². The first-order valence-corrected chi connectivity index (χ1v) is 9.68. The Morgan fingerprint density at radius 1 is 1.15 bits per heavy atom. The van der Waals surface area contributed by atoms with Crippen LogP contribution >= 0.6 is 0 Å². The fourth-order valence-electron chi connectivity index (χ4n) is 4.06. The zero-order valence-electron chi connectivity index (χ0n) is 15.5. The number of likely N-dealkylation sites (tertiary alicyclic amines) is 1. The number of carbonyl (C=O) groups excluding carboxylic acids is 1. The van der Waals surface area contributed by atoms with Gasteiger partial charge in [0.05, 0.1) is 5.69 Å². The zero-order chi connectivity index (χ0) is 18.5. The summed E-state index contributed by atoms with van der Waals surface area (Å²) in [6, 6.07) is 13.8. The van der Waals surface area contributed by atoms with Crippen molar-refractivity contribution < 1.29 is 4.79 Å². The first-order valence-electron chi connectivity index (χ1n) is 9.68. The van der Waals surface area contributed by atoms with Crippen molar-refractivity contribution in [2.75, 3.05) is 31.5 Å². The standard InChI is InChI=1S/C22H26N4O/c27-21(26-15-3-11-22(17-26)12-14-23-16-22)25-20-9-6-18(7-10-20)5-8-19-4-1-2-13-24-19/h1-2,4-10,13,23H,3,11-12,14-17H2,(H,25,27)/b8-5+. The summed E-state index contributed by atoms with van der Waals surface area (Å²) in [5.74, 6) is 0. The van der Waals surface area contributed by atoms with Crippen LogP contribution in [-0.4, -0.2) is 42.1 Å². The molecule has 0 radical (unpaired) electrons. The van der Waals surface area contributed by atoms with Gasteiger partial charge in [0.1, 0.15) is 0 Å². The summed E-state index contributed by atoms with van der Waals surface area (Å²) in [4.78, 5) is 18.9. The van der Waals surface area contributed by atoms with Gasteiger partial charge >= 0.3 is 6.03 Å². The Bertz CT molecular complexity index is 795. The van der Waals surface area contributed by atoms with Crippen LogP contribution in [0.15, 0.2) is 48.7 Å². The third kappa shape index (κ3) is 4.37. The minimum atomic E-state index is 0.0118. The molecule has 0 aliphatic carbocycles. The number of rotatable bonds is 3. The molecular weight excluding hydrogens is 336 g/mol. The summed E-state index contributed by atoms with van der Waals surface area (Å²) in [7, 11) is 0. The van der Waals surface area contributed by atoms with Crippen LogP contribution in [-0.2, 0) is 0 Å². The lowest BCUT2D eigenvalue weighted by molar-refractivity contribution is 0.125. The van der Waals surface area contributed by atoms with Gasteiger partial charge in [-0.25, -0.2) is 4.79 Å². The average molecular weight is 362 g/mol. The third-order valence-corrected chi connectivity index (χ3v) is 5.58. The van der Waals surface area contributed by atoms with E-state index in [1.807, 2.05) is 59.5 Å². The highest BCUT2D eigenvalue weighted by atomic mass is 16.2. The van der Waals surface area contributed by atoms with Crippen LogP contribution in [0.4, 0.5) is 10.5 Å². The lowest BCUT2D eigenvalue weighted by Gasteiger charge is -2.39. The Kier molecular flexibility index (Phi) is 5.21. The Labute approximate surface area is 160 Å². The normalized spacial score (nSPS) is 22.4. The van der Waals surface area contributed by atoms with Crippen LogP contribution in [0.25, 0.3) is 12.2 Å². The van der Waals surface area contributed by atoms with E-state index in [1.165, 1.54) is 12.8 Å². The lowest BCUT2D eigenvalue weighted by atomic mass is 9.79. The summed E-state index contributed by atoms with van der Waals surface area (Å²) in [5, 5.41) is 6.50. The van der Waals surface area contributed by atoms with E-state index in [1.54, 1.807) is 6.20 Å². The molecular formula is C22H26N4O. The molecule has 4 rings (SSSR count). The summed E-state index contributed by atoms with van der Waals surface area (Å²) < 4.78 is 0. The van der Waals surface area contributed by atoms with Crippen molar-refractivity contribution in [1.82, 2.24) is 15.2 Å². The molecule has 1 aromatic heterocycles. The Morgan fingerprint density at radius 2 is 2.04 bits per heavy atom. The van der Waals surface area contributed by atoms with Crippen LogP contribution in [0.5, 0.6) is 0 Å². The van der Waals surface area contributed by atoms with Gasteiger partial charge in [0.25, 0.3) is 0 Å². The molecule has 0 bridgehead atoms. The number of nitrogens with one attached hydrogen (secondary N) is 2. The van der Waals surface area contributed by atoms with E-state index in [-0.39, 0.29) is 11.4 Å². The molecule has 3 heterocycles. The molecule has 1 aromatic carbocycles. The third-order valence-electron chi connectivity index (χ3n) is 5.58. The SMILES string of the molecule is O=C(Nc1ccc(/C=C/c2ccccn2)cc1)N1CCCC2(CCNC2)C1. The highest BCUT2D eigenvalue weighted by Crippen LogP contribution is 2.35. The second kappa shape index (κ2) is 7.92. The smallest absolute Gasteiger partial charge is 0.321 e. The maximum Gasteiger partial charge on any atom is 0.321 e. The molecule has 1 atom stereocenters. The number of aromatic nitrogens is 1. The predicted octanol–water partition coefficient (Wildman–Crippen LogP) is 3.86. The highest BCUT2D eigenvalue weighted by Gasteiger charge is 2.39. The first kappa shape index (κ1) is 17.7. The van der Waals surface area contributed by atoms with E-state index in [4.69, 9.17) is 0 Å². The van der Waals surface area contributed by atoms with E-state index >= 15 is 0 Å². The first-order chi connectivity index (χ1) is 13.2. The van der Waals surface area contributed by atoms with E-state index in [9.17, 15) is 4.79 Å². The molecule has 2 aromatic rings. The van der Waals surface area contributed by atoms with Gasteiger partial charge < -0.3 is 15.5 Å². The quantitative estimate of drug-likeness (QED) is 0.872. The van der Waals surface area contributed by atoms with Crippen molar-refractivity contribution in [2.24, 2.45) is 5.41 Å². The van der Waals surface area contributed by atoms with Gasteiger partial charge in [-0.2, -0.15) is 0 Å². The number of urea groups is 1. The number of pyridine rings is 1. The minimum absolute atomic E-state index is 0.0118. The summed E-state index contributed by atoms with van der Waals surface area (Å²) in [5.41, 5.74) is 3.12. The van der Waals surface area contributed by atoms with Crippen molar-refractivity contribution in [3.05, 3.63) is 59.9 Å². The molecule has 27 heavy (non-hydrogen) atoms. The van der Waals surface area contributed by atoms with Crippen LogP contribution in [0.2, 0.25) is 0 Å². The van der Waals surface area contributed by atoms with E-state index in [0.29, 0.717) is 0 Å². The van der Waals surface area contributed by atoms with Crippen molar-refractivity contribution in [3.63, 3.8) is 0 Å². The van der Waals surface area contributed by atoms with Gasteiger partial charge in [0.2, 0.25) is 0 Å². The molecule has 2 N–H and O–H groups in total. The predicted molar refractivity (Wildman–Crippen MR) is 109 cm³/mol. The molecule has 1 unspecified atom stereocenters. The second-order valence-electron chi connectivity index (χ2n) is 7.59. The van der Waals surface area contributed by atoms with Crippen molar-refractivity contribution >= 4 is 23.9 Å². The van der Waals surface area contributed by atoms with E-state index in [0.717, 1.165) is 49.5 Å². The number of carbonyl (C=O) groups is 1. The highest BCUT2D eigenvalue weighted by molar-refractivity contribution is 5.89. The molecule has 2 amide bonds. The molecule has 140 valence electrons. The number of hydrogen-bond donors (Lipinski definition) is 2. The molecule has 5 nitrogen and oxygen atoms in total. The summed E-state index contributed by atoms with van der Waals surface area (Å²) >= 11 is 0. The Hall–Kier alpha value is -2.66. The van der Waals surface area contributed by atoms with Crippen LogP contribution in [0.3, 0.4) is 0 Å². The number of hydrogen-bond acceptors (Lipinski definition) is 3. The van der Waals surface area contributed by atoms with Crippen LogP contribution in [0, 0.1) is 5.41 Å². The van der Waals surface area contributed by atoms with Gasteiger partial charge in [-0.1, -0.05) is 24.3 Å². The number of amides is 2. The fraction of sp³-hybridized carbons (Fsp3) is 0.364. The van der Waals surface area contributed by atoms with Gasteiger partial charge in [-0.15, -0.1) is 0 Å². The van der Waals surface area contributed by atoms with Crippen molar-refractivity contribution in [1.29, 1.82) is 0 Å². The van der Waals surface area contributed by atoms with E-state index < -0.39 is 0 Å². The van der Waals surface area contributed by atoms with E-state index in [2.05, 4.69) is 15.6 Å². The van der Waals surface area contributed by atoms with Crippen molar-refractivity contribution in [3.8, 4) is 0 Å². The van der Waals surface area contributed by atoms with Gasteiger partial charge in [-0.05, 0) is 61.7 Å². The largest absolute Gasteiger partial charge is 0.324 e. The average Bonchev–Trinajstić information content (AvgIpc) is 3.15. The molecule has 5 heteroatoms. The maximum atomic E-state index is 12.7. The fourth-order valence-corrected chi connectivity index (χ4v) is 4.06. The van der Waals surface area contributed by atoms with Crippen LogP contribution < -0.4 is 10.6 Å². The topological polar surface area (TPSA) is 57.3 Å².